The number of nitrogens with zero attached hydrogens (tertiary/aromatic N) is 4. The maximum Gasteiger partial charge on any atom is 0.261 e. The van der Waals surface area contributed by atoms with Crippen molar-refractivity contribution >= 4 is 47.3 Å². The molecule has 0 bridgehead atoms. The third-order valence-corrected chi connectivity index (χ3v) is 15.9. The molecule has 2 saturated carbocycles. The van der Waals surface area contributed by atoms with Crippen LogP contribution in [0.15, 0.2) is 109 Å². The first-order valence-electron chi connectivity index (χ1n) is 25.0. The average Bonchev–Trinajstić information content (AvgIpc) is 3.97. The normalized spacial score (nSPS) is 25.4. The van der Waals surface area contributed by atoms with Gasteiger partial charge in [-0.3, -0.25) is 58.0 Å². The third-order valence-electron chi connectivity index (χ3n) is 15.9. The van der Waals surface area contributed by atoms with Crippen molar-refractivity contribution in [2.45, 2.75) is 111 Å². The minimum atomic E-state index is -0.534. The first-order chi connectivity index (χ1) is 34.3. The van der Waals surface area contributed by atoms with Gasteiger partial charge >= 0.3 is 0 Å². The van der Waals surface area contributed by atoms with Gasteiger partial charge in [-0.25, -0.2) is 0 Å². The lowest BCUT2D eigenvalue weighted by Crippen LogP contribution is -2.52. The molecule has 14 nitrogen and oxygen atoms in total. The number of carbonyl (C=O) groups excluding carboxylic acids is 8. The average molecular weight is 985 g/mol. The molecule has 0 saturated heterocycles. The Morgan fingerprint density at radius 1 is 0.438 bits per heavy atom. The second-order valence-electron chi connectivity index (χ2n) is 23.9. The van der Waals surface area contributed by atoms with E-state index in [1.807, 2.05) is 62.4 Å². The van der Waals surface area contributed by atoms with E-state index in [4.69, 9.17) is 9.47 Å². The summed E-state index contributed by atoms with van der Waals surface area (Å²) in [6, 6.07) is 24.5. The van der Waals surface area contributed by atoms with Crippen LogP contribution in [0.1, 0.15) is 146 Å². The van der Waals surface area contributed by atoms with Crippen LogP contribution in [-0.2, 0) is 24.6 Å². The fraction of sp³-hybridized carbons (Fsp3) is 0.390. The molecule has 4 aromatic rings. The zero-order valence-corrected chi connectivity index (χ0v) is 42.6. The maximum atomic E-state index is 14.1. The molecule has 4 unspecified atom stereocenters. The molecule has 2 aliphatic carbocycles. The van der Waals surface area contributed by atoms with E-state index >= 15 is 0 Å². The molecule has 0 aromatic heterocycles. The van der Waals surface area contributed by atoms with Crippen LogP contribution in [0, 0.1) is 21.7 Å². The summed E-state index contributed by atoms with van der Waals surface area (Å²) >= 11 is 0. The van der Waals surface area contributed by atoms with E-state index in [0.29, 0.717) is 66.2 Å². The van der Waals surface area contributed by atoms with Gasteiger partial charge in [0, 0.05) is 54.9 Å². The van der Waals surface area contributed by atoms with E-state index < -0.39 is 28.2 Å². The Hall–Kier alpha value is -7.48. The molecule has 0 radical (unpaired) electrons. The number of imide groups is 4. The predicted octanol–water partition coefficient (Wildman–Crippen LogP) is 9.81. The molecule has 4 heterocycles. The van der Waals surface area contributed by atoms with Gasteiger partial charge in [0.1, 0.15) is 23.0 Å². The van der Waals surface area contributed by atoms with Crippen LogP contribution >= 0.6 is 0 Å². The number of fused-ring (bicyclic) bond motifs is 2. The van der Waals surface area contributed by atoms with E-state index in [-0.39, 0.29) is 82.4 Å². The highest BCUT2D eigenvalue weighted by atomic mass is 16.5. The Morgan fingerprint density at radius 2 is 0.808 bits per heavy atom. The molecule has 6 aliphatic rings. The molecule has 376 valence electrons. The predicted molar refractivity (Wildman–Crippen MR) is 270 cm³/mol. The molecule has 8 amide bonds. The van der Waals surface area contributed by atoms with Crippen molar-refractivity contribution in [3.63, 3.8) is 0 Å². The van der Waals surface area contributed by atoms with Gasteiger partial charge in [0.05, 0.1) is 22.3 Å². The van der Waals surface area contributed by atoms with Gasteiger partial charge in [-0.2, -0.15) is 0 Å². The van der Waals surface area contributed by atoms with Crippen molar-refractivity contribution in [1.29, 1.82) is 0 Å². The van der Waals surface area contributed by atoms with E-state index in [1.165, 1.54) is 43.9 Å². The number of hydrogen-bond acceptors (Lipinski definition) is 10. The van der Waals surface area contributed by atoms with Crippen LogP contribution in [0.4, 0.5) is 0 Å². The number of amides is 8. The van der Waals surface area contributed by atoms with Gasteiger partial charge in [-0.05, 0) is 132 Å². The summed E-state index contributed by atoms with van der Waals surface area (Å²) in [5.41, 5.74) is 1.20. The topological polar surface area (TPSA) is 168 Å². The Balaban J connectivity index is 0.770. The summed E-state index contributed by atoms with van der Waals surface area (Å²) in [5.74, 6) is -0.980. The van der Waals surface area contributed by atoms with Gasteiger partial charge < -0.3 is 9.47 Å². The minimum Gasteiger partial charge on any atom is -0.457 e. The van der Waals surface area contributed by atoms with E-state index in [9.17, 15) is 38.4 Å². The first-order valence-corrected chi connectivity index (χ1v) is 25.0. The number of carbonyl (C=O) groups is 8. The van der Waals surface area contributed by atoms with Gasteiger partial charge in [-0.15, -0.1) is 0 Å². The van der Waals surface area contributed by atoms with Crippen molar-refractivity contribution in [3.05, 3.63) is 143 Å². The minimum absolute atomic E-state index is 0.155. The third kappa shape index (κ3) is 9.09. The van der Waals surface area contributed by atoms with Crippen LogP contribution in [-0.4, -0.2) is 92.0 Å². The van der Waals surface area contributed by atoms with Crippen molar-refractivity contribution in [2.24, 2.45) is 21.7 Å². The molecule has 2 fully saturated rings. The summed E-state index contributed by atoms with van der Waals surface area (Å²) in [6.07, 6.45) is 8.75. The lowest BCUT2D eigenvalue weighted by atomic mass is 9.62. The van der Waals surface area contributed by atoms with E-state index in [2.05, 4.69) is 41.5 Å². The second-order valence-corrected chi connectivity index (χ2v) is 23.9. The fourth-order valence-electron chi connectivity index (χ4n) is 13.3. The Bertz CT molecular complexity index is 3090. The molecule has 73 heavy (non-hydrogen) atoms. The highest BCUT2D eigenvalue weighted by Gasteiger charge is 2.51. The fourth-order valence-corrected chi connectivity index (χ4v) is 13.3. The van der Waals surface area contributed by atoms with Gasteiger partial charge in [-0.1, -0.05) is 79.7 Å². The standard InChI is InChI=1S/C59H60N4O10/c1-55(2)27-37(62-49(66)23-24-50(62)67)29-59(8,32-55)34-61-51(68)43-19-17-41(25-45(43)52(61)69)72-39-13-9-35(10-14-39)57(5,6)36-11-15-40(16-12-36)73-42-18-20-44-46(26-42)54(71)63(53(44)70)38-28-56(3,4)31-58(7,30-38)33-60-47(64)21-22-48(60)65/h9-26,37-38H,27-34H2,1-8H3. The summed E-state index contributed by atoms with van der Waals surface area (Å²) in [6.45, 7) is 17.0. The molecular weight excluding hydrogens is 925 g/mol. The monoisotopic (exact) mass is 984 g/mol. The summed E-state index contributed by atoms with van der Waals surface area (Å²) < 4.78 is 12.5. The molecule has 4 aromatic carbocycles. The first kappa shape index (κ1) is 49.1. The van der Waals surface area contributed by atoms with Crippen molar-refractivity contribution < 1.29 is 47.8 Å². The molecule has 14 heteroatoms. The lowest BCUT2D eigenvalue weighted by Gasteiger charge is -2.49. The lowest BCUT2D eigenvalue weighted by molar-refractivity contribution is -0.143. The van der Waals surface area contributed by atoms with Gasteiger partial charge in [0.15, 0.2) is 0 Å². The molecule has 4 atom stereocenters. The van der Waals surface area contributed by atoms with Crippen LogP contribution in [0.25, 0.3) is 0 Å². The summed E-state index contributed by atoms with van der Waals surface area (Å²) in [7, 11) is 0. The van der Waals surface area contributed by atoms with Crippen LogP contribution in [0.2, 0.25) is 0 Å². The molecule has 0 spiro atoms. The second kappa shape index (κ2) is 17.3. The Morgan fingerprint density at radius 3 is 1.29 bits per heavy atom. The number of hydrogen-bond donors (Lipinski definition) is 0. The number of benzene rings is 4. The summed E-state index contributed by atoms with van der Waals surface area (Å²) in [5, 5.41) is 0. The zero-order valence-electron chi connectivity index (χ0n) is 42.6. The van der Waals surface area contributed by atoms with Crippen LogP contribution < -0.4 is 9.47 Å². The van der Waals surface area contributed by atoms with Crippen molar-refractivity contribution in [2.75, 3.05) is 13.1 Å². The van der Waals surface area contributed by atoms with E-state index in [0.717, 1.165) is 17.5 Å². The number of rotatable bonds is 12. The van der Waals surface area contributed by atoms with Gasteiger partial charge in [0.2, 0.25) is 0 Å². The molecular formula is C59H60N4O10. The zero-order chi connectivity index (χ0) is 52.2. The van der Waals surface area contributed by atoms with Crippen molar-refractivity contribution in [1.82, 2.24) is 19.6 Å². The highest BCUT2D eigenvalue weighted by Crippen LogP contribution is 2.51. The molecule has 0 N–H and O–H groups in total. The van der Waals surface area contributed by atoms with Crippen molar-refractivity contribution in [3.8, 4) is 23.0 Å². The molecule has 4 aliphatic heterocycles. The summed E-state index contributed by atoms with van der Waals surface area (Å²) in [4.78, 5) is 111. The van der Waals surface area contributed by atoms with Gasteiger partial charge in [0.25, 0.3) is 47.3 Å². The van der Waals surface area contributed by atoms with E-state index in [1.54, 1.807) is 36.4 Å². The SMILES string of the molecule is CC1(C)CC(N2C(=O)c3ccc(Oc4ccc(C(C)(C)c5ccc(Oc6ccc7c(c6)C(=O)N(CC6(C)CC(N8C(=O)C=CC8=O)CC(C)(C)C6)C7=O)cc5)cc4)cc3C2=O)CC(C)(CN2C(=O)C=CC2=O)C1. The van der Waals surface area contributed by atoms with Crippen LogP contribution in [0.5, 0.6) is 23.0 Å². The highest BCUT2D eigenvalue weighted by molar-refractivity contribution is 6.22. The van der Waals surface area contributed by atoms with Crippen LogP contribution in [0.3, 0.4) is 0 Å². The maximum absolute atomic E-state index is 14.1. The quantitative estimate of drug-likeness (QED) is 0.125. The molecule has 10 rings (SSSR count). The Labute approximate surface area is 425 Å². The largest absolute Gasteiger partial charge is 0.457 e. The smallest absolute Gasteiger partial charge is 0.261 e. The Kier molecular flexibility index (Phi) is 11.7. The number of ether oxygens (including phenoxy) is 2.